The summed E-state index contributed by atoms with van der Waals surface area (Å²) >= 11 is 0. The minimum atomic E-state index is -0.818. The highest BCUT2D eigenvalue weighted by Crippen LogP contribution is 2.24. The molecule has 5 heteroatoms. The van der Waals surface area contributed by atoms with Gasteiger partial charge in [-0.25, -0.2) is 4.79 Å². The van der Waals surface area contributed by atoms with E-state index in [1.54, 1.807) is 0 Å². The van der Waals surface area contributed by atoms with Gasteiger partial charge < -0.3 is 15.3 Å². The molecule has 0 aromatic rings. The molecular formula is C15H28N2O3. The summed E-state index contributed by atoms with van der Waals surface area (Å²) in [7, 11) is 0. The molecule has 2 N–H and O–H groups in total. The van der Waals surface area contributed by atoms with Crippen LogP contribution in [-0.2, 0) is 4.79 Å². The molecule has 0 aromatic heterocycles. The number of carboxylic acids is 1. The second-order valence-corrected chi connectivity index (χ2v) is 6.37. The number of nitrogens with zero attached hydrogens (tertiary/aromatic N) is 1. The average molecular weight is 284 g/mol. The maximum absolute atomic E-state index is 12.3. The molecule has 1 unspecified atom stereocenters. The van der Waals surface area contributed by atoms with Gasteiger partial charge in [-0.3, -0.25) is 4.79 Å². The third-order valence-electron chi connectivity index (χ3n) is 3.71. The van der Waals surface area contributed by atoms with E-state index < -0.39 is 5.97 Å². The number of hydrogen-bond acceptors (Lipinski definition) is 2. The predicted molar refractivity (Wildman–Crippen MR) is 78.6 cm³/mol. The molecule has 0 radical (unpaired) electrons. The van der Waals surface area contributed by atoms with E-state index in [1.165, 1.54) is 12.8 Å². The van der Waals surface area contributed by atoms with E-state index in [-0.39, 0.29) is 18.4 Å². The van der Waals surface area contributed by atoms with Crippen LogP contribution in [0.1, 0.15) is 52.9 Å². The van der Waals surface area contributed by atoms with E-state index in [0.29, 0.717) is 18.5 Å². The molecule has 1 aliphatic rings. The Morgan fingerprint density at radius 3 is 2.35 bits per heavy atom. The van der Waals surface area contributed by atoms with E-state index in [9.17, 15) is 9.59 Å². The topological polar surface area (TPSA) is 69.6 Å². The highest BCUT2D eigenvalue weighted by Gasteiger charge is 2.27. The van der Waals surface area contributed by atoms with Gasteiger partial charge in [0.25, 0.3) is 0 Å². The van der Waals surface area contributed by atoms with Crippen LogP contribution in [0.25, 0.3) is 0 Å². The second kappa shape index (κ2) is 8.12. The van der Waals surface area contributed by atoms with Crippen molar-refractivity contribution in [2.75, 3.05) is 13.1 Å². The van der Waals surface area contributed by atoms with E-state index in [0.717, 1.165) is 19.4 Å². The number of carbonyl (C=O) groups excluding carboxylic acids is 1. The first-order valence-corrected chi connectivity index (χ1v) is 7.66. The van der Waals surface area contributed by atoms with Crippen LogP contribution in [0.5, 0.6) is 0 Å². The summed E-state index contributed by atoms with van der Waals surface area (Å²) < 4.78 is 0. The molecule has 20 heavy (non-hydrogen) atoms. The summed E-state index contributed by atoms with van der Waals surface area (Å²) in [6, 6.07) is 0.315. The van der Waals surface area contributed by atoms with Crippen molar-refractivity contribution in [3.63, 3.8) is 0 Å². The molecular weight excluding hydrogens is 256 g/mol. The molecule has 1 atom stereocenters. The Balaban J connectivity index is 2.48. The summed E-state index contributed by atoms with van der Waals surface area (Å²) in [5.41, 5.74) is 0. The Labute approximate surface area is 121 Å². The maximum atomic E-state index is 12.3. The van der Waals surface area contributed by atoms with Gasteiger partial charge in [0, 0.05) is 25.6 Å². The SMILES string of the molecule is CC(C)CN(C(=O)NCC(C)CC(=O)O)C1CCCC1. The summed E-state index contributed by atoms with van der Waals surface area (Å²) in [4.78, 5) is 24.9. The number of amides is 2. The first kappa shape index (κ1) is 16.8. The number of carboxylic acid groups (broad SMARTS) is 1. The number of carbonyl (C=O) groups is 2. The molecule has 0 aliphatic heterocycles. The van der Waals surface area contributed by atoms with Gasteiger partial charge in [-0.05, 0) is 24.7 Å². The number of rotatable bonds is 7. The Morgan fingerprint density at radius 2 is 1.85 bits per heavy atom. The Kier molecular flexibility index (Phi) is 6.82. The zero-order chi connectivity index (χ0) is 15.1. The van der Waals surface area contributed by atoms with Gasteiger partial charge >= 0.3 is 12.0 Å². The van der Waals surface area contributed by atoms with Crippen molar-refractivity contribution in [1.29, 1.82) is 0 Å². The van der Waals surface area contributed by atoms with Crippen molar-refractivity contribution < 1.29 is 14.7 Å². The molecule has 1 fully saturated rings. The lowest BCUT2D eigenvalue weighted by molar-refractivity contribution is -0.137. The van der Waals surface area contributed by atoms with Crippen molar-refractivity contribution in [2.45, 2.75) is 58.9 Å². The van der Waals surface area contributed by atoms with Crippen molar-refractivity contribution in [2.24, 2.45) is 11.8 Å². The smallest absolute Gasteiger partial charge is 0.317 e. The Bertz CT molecular complexity index is 325. The van der Waals surface area contributed by atoms with Crippen molar-refractivity contribution in [3.05, 3.63) is 0 Å². The summed E-state index contributed by atoms with van der Waals surface area (Å²) in [6.07, 6.45) is 4.66. The van der Waals surface area contributed by atoms with Gasteiger partial charge in [0.15, 0.2) is 0 Å². The summed E-state index contributed by atoms with van der Waals surface area (Å²) in [5.74, 6) is -0.416. The number of nitrogens with one attached hydrogen (secondary N) is 1. The van der Waals surface area contributed by atoms with Gasteiger partial charge in [0.2, 0.25) is 0 Å². The number of aliphatic carboxylic acids is 1. The summed E-state index contributed by atoms with van der Waals surface area (Å²) in [5, 5.41) is 11.6. The maximum Gasteiger partial charge on any atom is 0.317 e. The third kappa shape index (κ3) is 5.80. The predicted octanol–water partition coefficient (Wildman–Crippen LogP) is 2.71. The molecule has 1 rings (SSSR count). The molecule has 0 aromatic carbocycles. The molecule has 5 nitrogen and oxygen atoms in total. The van der Waals surface area contributed by atoms with Gasteiger partial charge in [0.05, 0.1) is 0 Å². The van der Waals surface area contributed by atoms with Gasteiger partial charge in [-0.2, -0.15) is 0 Å². The molecule has 0 heterocycles. The molecule has 116 valence electrons. The van der Waals surface area contributed by atoms with Gasteiger partial charge in [-0.1, -0.05) is 33.6 Å². The van der Waals surface area contributed by atoms with Gasteiger partial charge in [-0.15, -0.1) is 0 Å². The minimum Gasteiger partial charge on any atom is -0.481 e. The molecule has 2 amide bonds. The normalized spacial score (nSPS) is 17.2. The van der Waals surface area contributed by atoms with Crippen LogP contribution in [0.3, 0.4) is 0 Å². The third-order valence-corrected chi connectivity index (χ3v) is 3.71. The standard InChI is InChI=1S/C15H28N2O3/c1-11(2)10-17(13-6-4-5-7-13)15(20)16-9-12(3)8-14(18)19/h11-13H,4-10H2,1-3H3,(H,16,20)(H,18,19). The molecule has 1 aliphatic carbocycles. The van der Waals surface area contributed by atoms with E-state index in [2.05, 4.69) is 19.2 Å². The van der Waals surface area contributed by atoms with Crippen LogP contribution < -0.4 is 5.32 Å². The van der Waals surface area contributed by atoms with Crippen LogP contribution in [0.2, 0.25) is 0 Å². The summed E-state index contributed by atoms with van der Waals surface area (Å²) in [6.45, 7) is 7.26. The quantitative estimate of drug-likeness (QED) is 0.755. The fourth-order valence-corrected chi connectivity index (χ4v) is 2.74. The zero-order valence-corrected chi connectivity index (χ0v) is 12.9. The number of hydrogen-bond donors (Lipinski definition) is 2. The van der Waals surface area contributed by atoms with Crippen molar-refractivity contribution >= 4 is 12.0 Å². The highest BCUT2D eigenvalue weighted by molar-refractivity contribution is 5.74. The monoisotopic (exact) mass is 284 g/mol. The number of urea groups is 1. The fourth-order valence-electron chi connectivity index (χ4n) is 2.74. The van der Waals surface area contributed by atoms with Crippen LogP contribution in [0, 0.1) is 11.8 Å². The lowest BCUT2D eigenvalue weighted by Crippen LogP contribution is -2.47. The highest BCUT2D eigenvalue weighted by atomic mass is 16.4. The fraction of sp³-hybridized carbons (Fsp3) is 0.867. The lowest BCUT2D eigenvalue weighted by atomic mass is 10.1. The van der Waals surface area contributed by atoms with E-state index >= 15 is 0 Å². The van der Waals surface area contributed by atoms with Gasteiger partial charge in [0.1, 0.15) is 0 Å². The van der Waals surface area contributed by atoms with Crippen molar-refractivity contribution in [1.82, 2.24) is 10.2 Å². The first-order chi connectivity index (χ1) is 9.40. The average Bonchev–Trinajstić information content (AvgIpc) is 2.85. The lowest BCUT2D eigenvalue weighted by Gasteiger charge is -2.31. The van der Waals surface area contributed by atoms with E-state index in [1.807, 2.05) is 11.8 Å². The van der Waals surface area contributed by atoms with Crippen molar-refractivity contribution in [3.8, 4) is 0 Å². The molecule has 0 spiro atoms. The zero-order valence-electron chi connectivity index (χ0n) is 12.9. The second-order valence-electron chi connectivity index (χ2n) is 6.37. The van der Waals surface area contributed by atoms with Crippen LogP contribution in [0.15, 0.2) is 0 Å². The van der Waals surface area contributed by atoms with Crippen LogP contribution in [0.4, 0.5) is 4.79 Å². The Morgan fingerprint density at radius 1 is 1.25 bits per heavy atom. The first-order valence-electron chi connectivity index (χ1n) is 7.66. The van der Waals surface area contributed by atoms with Crippen LogP contribution in [-0.4, -0.2) is 41.1 Å². The Hall–Kier alpha value is -1.26. The van der Waals surface area contributed by atoms with Crippen LogP contribution >= 0.6 is 0 Å². The minimum absolute atomic E-state index is 0.0390. The van der Waals surface area contributed by atoms with E-state index in [4.69, 9.17) is 5.11 Å². The molecule has 0 saturated heterocycles. The molecule has 1 saturated carbocycles. The molecule has 0 bridgehead atoms. The largest absolute Gasteiger partial charge is 0.481 e.